The van der Waals surface area contributed by atoms with Crippen molar-refractivity contribution in [2.75, 3.05) is 39.6 Å². The van der Waals surface area contributed by atoms with Crippen molar-refractivity contribution in [3.05, 3.63) is 207 Å². The molecule has 0 bridgehead atoms. The molecule has 19 heteroatoms. The molecule has 0 aromatic heterocycles. The van der Waals surface area contributed by atoms with Crippen LogP contribution in [0.15, 0.2) is 207 Å². The van der Waals surface area contributed by atoms with Gasteiger partial charge >= 0.3 is 39.5 Å². The summed E-state index contributed by atoms with van der Waals surface area (Å²) in [6, 6.07) is 0. The number of phosphoric ester groups is 2. The first-order chi connectivity index (χ1) is 54.7. The second kappa shape index (κ2) is 82.6. The number of aliphatic hydroxyl groups excluding tert-OH is 1. The number of rotatable bonds is 77. The van der Waals surface area contributed by atoms with Gasteiger partial charge in [0.2, 0.25) is 0 Å². The lowest BCUT2D eigenvalue weighted by atomic mass is 10.1. The Bertz CT molecular complexity index is 2940. The highest BCUT2D eigenvalue weighted by atomic mass is 31.2. The molecule has 0 aliphatic heterocycles. The number of hydrogen-bond donors (Lipinski definition) is 3. The van der Waals surface area contributed by atoms with Gasteiger partial charge in [0.25, 0.3) is 0 Å². The van der Waals surface area contributed by atoms with E-state index >= 15 is 0 Å². The Hall–Kier alpha value is -6.36. The lowest BCUT2D eigenvalue weighted by Gasteiger charge is -2.21. The standard InChI is InChI=1S/C93H148O17P2/c1-5-9-13-17-21-25-29-33-37-40-43-46-50-54-58-62-66-70-74-78-91(96)104-84-89(110-93(98)80-76-72-68-64-60-56-52-48-45-42-39-35-31-27-23-19-15-11-7-3)86-108-112(101,102)106-82-87(94)81-105-111(99,100)107-85-88(83-103-90(95)77-73-69-65-61-57-53-49-36-32-28-24-20-16-12-8-4)109-92(97)79-75-71-67-63-59-55-51-47-44-41-38-34-30-26-22-18-14-10-6-2/h9-10,13-14,21-23,25-27,33-39,43-49,54-56,58-60,66,68,70,72,87-89,94H,5-8,11-12,15-20,24,28-32,40-42,50-53,57,61-65,67,69,71,73-86H2,1-4H3,(H,99,100)(H,101,102)/b13-9-,14-10-,25-21-,26-22-,27-23-,37-33-,38-34-,39-35-,46-43-,47-44-,48-45-,49-36-,58-54-,59-55-,60-56-,70-66-,72-68-/t87-,88+,89+/m0/s1. The third kappa shape index (κ3) is 81.6. The summed E-state index contributed by atoms with van der Waals surface area (Å²) in [7, 11) is -10.0. The summed E-state index contributed by atoms with van der Waals surface area (Å²) >= 11 is 0. The summed E-state index contributed by atoms with van der Waals surface area (Å²) in [6.07, 6.45) is 104. The Morgan fingerprint density at radius 2 is 0.482 bits per heavy atom. The third-order valence-electron chi connectivity index (χ3n) is 16.7. The Morgan fingerprint density at radius 3 is 0.821 bits per heavy atom. The van der Waals surface area contributed by atoms with Crippen LogP contribution >= 0.6 is 15.6 Å². The Kier molecular flexibility index (Phi) is 77.9. The number of aliphatic hydroxyl groups is 1. The zero-order valence-electron chi connectivity index (χ0n) is 69.3. The number of phosphoric acid groups is 2. The summed E-state index contributed by atoms with van der Waals surface area (Å²) in [5, 5.41) is 10.7. The minimum absolute atomic E-state index is 0.0114. The largest absolute Gasteiger partial charge is 0.472 e. The second-order valence-electron chi connectivity index (χ2n) is 27.3. The molecule has 5 atom stereocenters. The number of allylic oxidation sites excluding steroid dienone is 34. The molecular formula is C93H148O17P2. The molecule has 0 rings (SSSR count). The molecular weight excluding hydrogens is 1450 g/mol. The fourth-order valence-corrected chi connectivity index (χ4v) is 11.9. The van der Waals surface area contributed by atoms with Gasteiger partial charge in [-0.25, -0.2) is 9.13 Å². The molecule has 0 radical (unpaired) electrons. The first kappa shape index (κ1) is 106. The van der Waals surface area contributed by atoms with Crippen LogP contribution in [0.5, 0.6) is 0 Å². The molecule has 0 fully saturated rings. The Balaban J connectivity index is 5.59. The monoisotopic (exact) mass is 1600 g/mol. The van der Waals surface area contributed by atoms with Crippen LogP contribution < -0.4 is 0 Å². The molecule has 112 heavy (non-hydrogen) atoms. The van der Waals surface area contributed by atoms with Crippen LogP contribution in [-0.4, -0.2) is 96.7 Å². The number of ether oxygens (including phenoxy) is 4. The number of carbonyl (C=O) groups is 4. The van der Waals surface area contributed by atoms with Gasteiger partial charge in [0.05, 0.1) is 26.4 Å². The first-order valence-electron chi connectivity index (χ1n) is 42.3. The molecule has 3 N–H and O–H groups in total. The summed E-state index contributed by atoms with van der Waals surface area (Å²) < 4.78 is 68.6. The van der Waals surface area contributed by atoms with E-state index in [0.717, 1.165) is 148 Å². The SMILES string of the molecule is CC/C=C\C/C=C\C/C=C\C/C=C\C/C=C\C/C=C\CCC(=O)OC[C@H](COP(=O)(O)OC[C@@H](O)COP(=O)(O)OC[C@@H](COC(=O)CCCCCCC/C=C\CCCCCCCC)OC(=O)CCCCC/C=C\C/C=C\C/C=C\C/C=C\C/C=C\CC)OC(=O)CC/C=C\C/C=C\C/C=C\C/C=C\C/C=C\CCCCC. The van der Waals surface area contributed by atoms with E-state index in [1.807, 2.05) is 36.5 Å². The van der Waals surface area contributed by atoms with E-state index in [1.165, 1.54) is 57.8 Å². The van der Waals surface area contributed by atoms with E-state index in [-0.39, 0.29) is 25.7 Å². The van der Waals surface area contributed by atoms with Crippen molar-refractivity contribution in [1.82, 2.24) is 0 Å². The Labute approximate surface area is 678 Å². The van der Waals surface area contributed by atoms with Crippen molar-refractivity contribution in [3.8, 4) is 0 Å². The van der Waals surface area contributed by atoms with Gasteiger partial charge in [-0.2, -0.15) is 0 Å². The summed E-state index contributed by atoms with van der Waals surface area (Å²) in [6.45, 7) is 4.38. The van der Waals surface area contributed by atoms with Crippen LogP contribution in [-0.2, 0) is 65.4 Å². The molecule has 0 aromatic carbocycles. The van der Waals surface area contributed by atoms with Crippen molar-refractivity contribution in [2.45, 2.75) is 316 Å². The van der Waals surface area contributed by atoms with Gasteiger partial charge in [-0.1, -0.05) is 305 Å². The molecule has 0 saturated heterocycles. The van der Waals surface area contributed by atoms with Gasteiger partial charge in [0.1, 0.15) is 19.3 Å². The van der Waals surface area contributed by atoms with Crippen LogP contribution in [0.4, 0.5) is 0 Å². The third-order valence-corrected chi connectivity index (χ3v) is 18.6. The first-order valence-corrected chi connectivity index (χ1v) is 45.3. The molecule has 0 aliphatic rings. The highest BCUT2D eigenvalue weighted by Gasteiger charge is 2.30. The molecule has 2 unspecified atom stereocenters. The van der Waals surface area contributed by atoms with Gasteiger partial charge < -0.3 is 33.8 Å². The maximum Gasteiger partial charge on any atom is 0.472 e. The quantitative estimate of drug-likeness (QED) is 0.0169. The van der Waals surface area contributed by atoms with E-state index in [0.29, 0.717) is 38.5 Å². The van der Waals surface area contributed by atoms with Gasteiger partial charge in [-0.3, -0.25) is 37.3 Å². The molecule has 17 nitrogen and oxygen atoms in total. The fourth-order valence-electron chi connectivity index (χ4n) is 10.4. The smallest absolute Gasteiger partial charge is 0.462 e. The van der Waals surface area contributed by atoms with Gasteiger partial charge in [0, 0.05) is 25.7 Å². The summed E-state index contributed by atoms with van der Waals surface area (Å²) in [5.74, 6) is -2.44. The normalized spacial score (nSPS) is 14.8. The lowest BCUT2D eigenvalue weighted by Crippen LogP contribution is -2.30. The van der Waals surface area contributed by atoms with Crippen molar-refractivity contribution in [3.63, 3.8) is 0 Å². The number of hydrogen-bond acceptors (Lipinski definition) is 15. The van der Waals surface area contributed by atoms with Crippen molar-refractivity contribution in [2.24, 2.45) is 0 Å². The van der Waals surface area contributed by atoms with E-state index in [4.69, 9.17) is 37.0 Å². The fraction of sp³-hybridized carbons (Fsp3) is 0.591. The number of esters is 4. The average Bonchev–Trinajstić information content (AvgIpc) is 0.908. The predicted molar refractivity (Wildman–Crippen MR) is 463 cm³/mol. The molecule has 0 saturated carbocycles. The maximum atomic E-state index is 13.1. The van der Waals surface area contributed by atoms with Crippen LogP contribution in [0.25, 0.3) is 0 Å². The van der Waals surface area contributed by atoms with Crippen molar-refractivity contribution >= 4 is 39.5 Å². The molecule has 0 aromatic rings. The minimum Gasteiger partial charge on any atom is -0.462 e. The molecule has 0 amide bonds. The summed E-state index contributed by atoms with van der Waals surface area (Å²) in [4.78, 5) is 73.2. The number of carbonyl (C=O) groups excluding carboxylic acids is 4. The van der Waals surface area contributed by atoms with Gasteiger partial charge in [-0.05, 0) is 173 Å². The minimum atomic E-state index is -5.03. The van der Waals surface area contributed by atoms with Gasteiger partial charge in [-0.15, -0.1) is 0 Å². The zero-order valence-corrected chi connectivity index (χ0v) is 71.0. The predicted octanol–water partition coefficient (Wildman–Crippen LogP) is 25.4. The topological polar surface area (TPSA) is 237 Å². The van der Waals surface area contributed by atoms with E-state index < -0.39 is 97.5 Å². The van der Waals surface area contributed by atoms with E-state index in [9.17, 15) is 43.2 Å². The molecule has 632 valence electrons. The highest BCUT2D eigenvalue weighted by molar-refractivity contribution is 7.47. The van der Waals surface area contributed by atoms with E-state index in [1.54, 1.807) is 0 Å². The Morgan fingerprint density at radius 1 is 0.259 bits per heavy atom. The van der Waals surface area contributed by atoms with Crippen LogP contribution in [0.2, 0.25) is 0 Å². The van der Waals surface area contributed by atoms with Crippen molar-refractivity contribution in [1.29, 1.82) is 0 Å². The zero-order chi connectivity index (χ0) is 81.7. The molecule has 0 heterocycles. The van der Waals surface area contributed by atoms with Crippen LogP contribution in [0, 0.1) is 0 Å². The number of unbranched alkanes of at least 4 members (excludes halogenated alkanes) is 17. The lowest BCUT2D eigenvalue weighted by molar-refractivity contribution is -0.161. The molecule has 0 spiro atoms. The highest BCUT2D eigenvalue weighted by Crippen LogP contribution is 2.45. The summed E-state index contributed by atoms with van der Waals surface area (Å²) in [5.41, 5.74) is 0. The second-order valence-corrected chi connectivity index (χ2v) is 30.2. The van der Waals surface area contributed by atoms with Gasteiger partial charge in [0.15, 0.2) is 12.2 Å². The molecule has 0 aliphatic carbocycles. The van der Waals surface area contributed by atoms with E-state index in [2.05, 4.69) is 198 Å². The van der Waals surface area contributed by atoms with Crippen LogP contribution in [0.1, 0.15) is 297 Å². The average molecular weight is 1600 g/mol. The maximum absolute atomic E-state index is 13.1. The van der Waals surface area contributed by atoms with Crippen LogP contribution in [0.3, 0.4) is 0 Å². The van der Waals surface area contributed by atoms with Crippen molar-refractivity contribution < 1.29 is 80.2 Å².